The van der Waals surface area contributed by atoms with Gasteiger partial charge in [0.1, 0.15) is 0 Å². The minimum Gasteiger partial charge on any atom is -0.469 e. The van der Waals surface area contributed by atoms with Crippen molar-refractivity contribution < 1.29 is 9.53 Å². The van der Waals surface area contributed by atoms with E-state index in [1.807, 2.05) is 0 Å². The molecule has 0 aliphatic rings. The number of hydrogen-bond donors (Lipinski definition) is 1. The molecule has 0 saturated carbocycles. The minimum atomic E-state index is -0.157. The van der Waals surface area contributed by atoms with Crippen molar-refractivity contribution in [3.63, 3.8) is 0 Å². The highest BCUT2D eigenvalue weighted by Gasteiger charge is 2.15. The largest absolute Gasteiger partial charge is 0.469 e. The number of nitrogens with one attached hydrogen (secondary N) is 1. The van der Waals surface area contributed by atoms with Crippen molar-refractivity contribution in [2.24, 2.45) is 5.92 Å². The number of benzene rings is 1. The summed E-state index contributed by atoms with van der Waals surface area (Å²) in [6.45, 7) is 9.63. The zero-order valence-corrected chi connectivity index (χ0v) is 14.0. The van der Waals surface area contributed by atoms with Crippen LogP contribution in [-0.4, -0.2) is 25.7 Å². The number of ether oxygens (including phenoxy) is 1. The first-order chi connectivity index (χ1) is 9.92. The second-order valence-corrected chi connectivity index (χ2v) is 6.38. The van der Waals surface area contributed by atoms with E-state index in [2.05, 4.69) is 57.3 Å². The third-order valence-electron chi connectivity index (χ3n) is 3.58. The van der Waals surface area contributed by atoms with Crippen LogP contribution in [0.1, 0.15) is 51.2 Å². The second kappa shape index (κ2) is 8.83. The summed E-state index contributed by atoms with van der Waals surface area (Å²) in [6, 6.07) is 8.81. The molecule has 0 aliphatic carbocycles. The van der Waals surface area contributed by atoms with Crippen LogP contribution in [-0.2, 0) is 16.0 Å². The molecule has 1 N–H and O–H groups in total. The fourth-order valence-electron chi connectivity index (χ4n) is 2.23. The van der Waals surface area contributed by atoms with Crippen LogP contribution in [0, 0.1) is 5.92 Å². The molecule has 0 saturated heterocycles. The molecule has 21 heavy (non-hydrogen) atoms. The Morgan fingerprint density at radius 3 is 2.24 bits per heavy atom. The Balaban J connectivity index is 2.67. The third kappa shape index (κ3) is 6.76. The molecule has 1 aromatic rings. The van der Waals surface area contributed by atoms with Crippen LogP contribution in [0.25, 0.3) is 0 Å². The average Bonchev–Trinajstić information content (AvgIpc) is 2.45. The normalized spacial score (nSPS) is 12.7. The molecular formula is C18H29NO2. The predicted molar refractivity (Wildman–Crippen MR) is 87.5 cm³/mol. The summed E-state index contributed by atoms with van der Waals surface area (Å²) in [4.78, 5) is 11.5. The van der Waals surface area contributed by atoms with Crippen molar-refractivity contribution in [2.75, 3.05) is 13.7 Å². The Morgan fingerprint density at radius 2 is 1.76 bits per heavy atom. The van der Waals surface area contributed by atoms with Crippen molar-refractivity contribution in [1.29, 1.82) is 0 Å². The van der Waals surface area contributed by atoms with Gasteiger partial charge in [0.15, 0.2) is 0 Å². The van der Waals surface area contributed by atoms with Crippen molar-refractivity contribution in [3.8, 4) is 0 Å². The van der Waals surface area contributed by atoms with E-state index in [0.29, 0.717) is 18.3 Å². The highest BCUT2D eigenvalue weighted by Crippen LogP contribution is 2.16. The van der Waals surface area contributed by atoms with Crippen LogP contribution < -0.4 is 5.32 Å². The Morgan fingerprint density at radius 1 is 1.14 bits per heavy atom. The maximum Gasteiger partial charge on any atom is 0.307 e. The van der Waals surface area contributed by atoms with E-state index in [4.69, 9.17) is 4.74 Å². The fourth-order valence-corrected chi connectivity index (χ4v) is 2.23. The second-order valence-electron chi connectivity index (χ2n) is 6.38. The maximum absolute atomic E-state index is 11.5. The molecule has 118 valence electrons. The van der Waals surface area contributed by atoms with Gasteiger partial charge in [-0.3, -0.25) is 4.79 Å². The minimum absolute atomic E-state index is 0.129. The Kier molecular flexibility index (Phi) is 7.44. The van der Waals surface area contributed by atoms with Gasteiger partial charge in [0.05, 0.1) is 13.5 Å². The summed E-state index contributed by atoms with van der Waals surface area (Å²) in [5, 5.41) is 3.47. The maximum atomic E-state index is 11.5. The topological polar surface area (TPSA) is 38.3 Å². The van der Waals surface area contributed by atoms with E-state index >= 15 is 0 Å². The summed E-state index contributed by atoms with van der Waals surface area (Å²) in [5.41, 5.74) is 2.60. The lowest BCUT2D eigenvalue weighted by molar-refractivity contribution is -0.141. The van der Waals surface area contributed by atoms with Gasteiger partial charge in [0.2, 0.25) is 0 Å². The van der Waals surface area contributed by atoms with Crippen LogP contribution >= 0.6 is 0 Å². The van der Waals surface area contributed by atoms with Gasteiger partial charge in [-0.25, -0.2) is 0 Å². The Labute approximate surface area is 129 Å². The first kappa shape index (κ1) is 17.7. The molecule has 1 aromatic carbocycles. The molecule has 1 rings (SSSR count). The standard InChI is InChI=1S/C18H29NO2/c1-13(2)12-19-17(11-18(20)21-5)10-15-6-8-16(9-7-15)14(3)4/h6-9,13-14,17,19H,10-12H2,1-5H3. The SMILES string of the molecule is COC(=O)CC(Cc1ccc(C(C)C)cc1)NCC(C)C. The van der Waals surface area contributed by atoms with Gasteiger partial charge in [-0.1, -0.05) is 52.0 Å². The molecule has 0 fully saturated rings. The van der Waals surface area contributed by atoms with Crippen molar-refractivity contribution in [3.05, 3.63) is 35.4 Å². The number of carbonyl (C=O) groups is 1. The van der Waals surface area contributed by atoms with Gasteiger partial charge >= 0.3 is 5.97 Å². The average molecular weight is 291 g/mol. The quantitative estimate of drug-likeness (QED) is 0.745. The zero-order valence-electron chi connectivity index (χ0n) is 14.0. The van der Waals surface area contributed by atoms with E-state index in [1.165, 1.54) is 18.2 Å². The number of hydrogen-bond acceptors (Lipinski definition) is 3. The number of carbonyl (C=O) groups excluding carboxylic acids is 1. The van der Waals surface area contributed by atoms with Gasteiger partial charge in [-0.15, -0.1) is 0 Å². The molecule has 0 bridgehead atoms. The van der Waals surface area contributed by atoms with Crippen LogP contribution in [0.5, 0.6) is 0 Å². The van der Waals surface area contributed by atoms with Gasteiger partial charge < -0.3 is 10.1 Å². The van der Waals surface area contributed by atoms with Crippen molar-refractivity contribution >= 4 is 5.97 Å². The molecule has 1 atom stereocenters. The number of methoxy groups -OCH3 is 1. The Bertz CT molecular complexity index is 423. The Hall–Kier alpha value is -1.35. The van der Waals surface area contributed by atoms with Crippen molar-refractivity contribution in [2.45, 2.75) is 52.5 Å². The van der Waals surface area contributed by atoms with Crippen LogP contribution in [0.2, 0.25) is 0 Å². The van der Waals surface area contributed by atoms with Gasteiger partial charge in [-0.05, 0) is 35.9 Å². The van der Waals surface area contributed by atoms with Crippen LogP contribution in [0.15, 0.2) is 24.3 Å². The lowest BCUT2D eigenvalue weighted by Crippen LogP contribution is -2.36. The number of esters is 1. The fraction of sp³-hybridized carbons (Fsp3) is 0.611. The van der Waals surface area contributed by atoms with Crippen LogP contribution in [0.4, 0.5) is 0 Å². The van der Waals surface area contributed by atoms with E-state index in [1.54, 1.807) is 0 Å². The van der Waals surface area contributed by atoms with Crippen molar-refractivity contribution in [1.82, 2.24) is 5.32 Å². The summed E-state index contributed by atoms with van der Waals surface area (Å²) in [5.74, 6) is 0.951. The molecule has 0 spiro atoms. The van der Waals surface area contributed by atoms with Gasteiger partial charge in [0.25, 0.3) is 0 Å². The zero-order chi connectivity index (χ0) is 15.8. The van der Waals surface area contributed by atoms with Gasteiger partial charge in [-0.2, -0.15) is 0 Å². The lowest BCUT2D eigenvalue weighted by Gasteiger charge is -2.19. The highest BCUT2D eigenvalue weighted by molar-refractivity contribution is 5.70. The summed E-state index contributed by atoms with van der Waals surface area (Å²) >= 11 is 0. The molecule has 0 aromatic heterocycles. The lowest BCUT2D eigenvalue weighted by atomic mass is 9.98. The summed E-state index contributed by atoms with van der Waals surface area (Å²) in [7, 11) is 1.44. The van der Waals surface area contributed by atoms with Crippen LogP contribution in [0.3, 0.4) is 0 Å². The van der Waals surface area contributed by atoms with E-state index in [9.17, 15) is 4.79 Å². The molecule has 0 radical (unpaired) electrons. The van der Waals surface area contributed by atoms with E-state index in [0.717, 1.165) is 13.0 Å². The molecule has 1 unspecified atom stereocenters. The third-order valence-corrected chi connectivity index (χ3v) is 3.58. The first-order valence-electron chi connectivity index (χ1n) is 7.81. The molecule has 0 heterocycles. The van der Waals surface area contributed by atoms with E-state index in [-0.39, 0.29) is 12.0 Å². The molecule has 0 amide bonds. The summed E-state index contributed by atoms with van der Waals surface area (Å²) < 4.78 is 4.80. The number of rotatable bonds is 8. The highest BCUT2D eigenvalue weighted by atomic mass is 16.5. The summed E-state index contributed by atoms with van der Waals surface area (Å²) in [6.07, 6.45) is 1.26. The molecule has 3 heteroatoms. The monoisotopic (exact) mass is 291 g/mol. The first-order valence-corrected chi connectivity index (χ1v) is 7.81. The van der Waals surface area contributed by atoms with Gasteiger partial charge in [0, 0.05) is 6.04 Å². The molecular weight excluding hydrogens is 262 g/mol. The molecule has 0 aliphatic heterocycles. The van der Waals surface area contributed by atoms with E-state index < -0.39 is 0 Å². The predicted octanol–water partition coefficient (Wildman–Crippen LogP) is 3.53. The smallest absolute Gasteiger partial charge is 0.307 e. The molecule has 3 nitrogen and oxygen atoms in total.